The number of nitrogens with zero attached hydrogens (tertiary/aromatic N) is 2. The van der Waals surface area contributed by atoms with E-state index >= 15 is 0 Å². The number of anilines is 1. The third-order valence-electron chi connectivity index (χ3n) is 3.19. The van der Waals surface area contributed by atoms with E-state index in [-0.39, 0.29) is 0 Å². The Morgan fingerprint density at radius 2 is 2.00 bits per heavy atom. The Labute approximate surface area is 104 Å². The van der Waals surface area contributed by atoms with Crippen molar-refractivity contribution in [3.05, 3.63) is 16.9 Å². The minimum absolute atomic E-state index is 0.299. The van der Waals surface area contributed by atoms with Crippen molar-refractivity contribution in [2.24, 2.45) is 11.8 Å². The number of aliphatic hydroxyl groups excluding tert-OH is 1. The van der Waals surface area contributed by atoms with Gasteiger partial charge in [0, 0.05) is 25.5 Å². The van der Waals surface area contributed by atoms with Gasteiger partial charge in [-0.1, -0.05) is 6.42 Å². The molecular weight excluding hydrogens is 270 g/mol. The van der Waals surface area contributed by atoms with Crippen LogP contribution in [0.25, 0.3) is 0 Å². The van der Waals surface area contributed by atoms with Crippen LogP contribution < -0.4 is 5.32 Å². The van der Waals surface area contributed by atoms with Crippen LogP contribution in [0.2, 0.25) is 0 Å². The van der Waals surface area contributed by atoms with E-state index in [1.54, 1.807) is 12.4 Å². The zero-order valence-electron chi connectivity index (χ0n) is 9.06. The van der Waals surface area contributed by atoms with Gasteiger partial charge >= 0.3 is 0 Å². The van der Waals surface area contributed by atoms with E-state index < -0.39 is 0 Å². The molecule has 2 N–H and O–H groups in total. The van der Waals surface area contributed by atoms with Gasteiger partial charge in [0.1, 0.15) is 0 Å². The molecule has 1 saturated carbocycles. The maximum atomic E-state index is 9.20. The summed E-state index contributed by atoms with van der Waals surface area (Å²) in [4.78, 5) is 8.32. The van der Waals surface area contributed by atoms with Crippen molar-refractivity contribution in [3.8, 4) is 0 Å². The average Bonchev–Trinajstić information content (AvgIpc) is 2.76. The first-order chi connectivity index (χ1) is 7.79. The predicted octanol–water partition coefficient (Wildman–Crippen LogP) is 2.06. The second kappa shape index (κ2) is 5.59. The first kappa shape index (κ1) is 11.8. The van der Waals surface area contributed by atoms with Gasteiger partial charge in [-0.05, 0) is 40.6 Å². The zero-order chi connectivity index (χ0) is 11.4. The molecule has 16 heavy (non-hydrogen) atoms. The number of nitrogens with one attached hydrogen (secondary N) is 1. The molecule has 1 aliphatic carbocycles. The molecule has 0 aromatic carbocycles. The Morgan fingerprint density at radius 3 is 2.69 bits per heavy atom. The molecule has 1 heterocycles. The largest absolute Gasteiger partial charge is 0.396 e. The number of hydrogen-bond donors (Lipinski definition) is 2. The van der Waals surface area contributed by atoms with E-state index in [0.29, 0.717) is 24.4 Å². The summed E-state index contributed by atoms with van der Waals surface area (Å²) in [6, 6.07) is 0. The lowest BCUT2D eigenvalue weighted by atomic mass is 9.97. The lowest BCUT2D eigenvalue weighted by Crippen LogP contribution is -2.21. The highest BCUT2D eigenvalue weighted by Gasteiger charge is 2.26. The Hall–Kier alpha value is -0.680. The molecule has 0 aliphatic heterocycles. The number of rotatable bonds is 4. The second-order valence-electron chi connectivity index (χ2n) is 4.24. The Morgan fingerprint density at radius 1 is 1.31 bits per heavy atom. The average molecular weight is 286 g/mol. The molecule has 0 saturated heterocycles. The van der Waals surface area contributed by atoms with E-state index in [4.69, 9.17) is 0 Å². The highest BCUT2D eigenvalue weighted by Crippen LogP contribution is 2.31. The third kappa shape index (κ3) is 2.92. The van der Waals surface area contributed by atoms with E-state index in [9.17, 15) is 5.11 Å². The molecule has 0 radical (unpaired) electrons. The SMILES string of the molecule is OCC1CCCC1CNc1ncc(Br)cn1. The highest BCUT2D eigenvalue weighted by molar-refractivity contribution is 9.10. The van der Waals surface area contributed by atoms with Crippen molar-refractivity contribution in [1.82, 2.24) is 9.97 Å². The Bertz CT molecular complexity index is 331. The summed E-state index contributed by atoms with van der Waals surface area (Å²) in [5.41, 5.74) is 0. The van der Waals surface area contributed by atoms with E-state index in [0.717, 1.165) is 17.4 Å². The monoisotopic (exact) mass is 285 g/mol. The summed E-state index contributed by atoms with van der Waals surface area (Å²) < 4.78 is 0.882. The number of hydrogen-bond acceptors (Lipinski definition) is 4. The molecule has 0 bridgehead atoms. The van der Waals surface area contributed by atoms with Gasteiger partial charge in [-0.2, -0.15) is 0 Å². The van der Waals surface area contributed by atoms with Gasteiger partial charge in [0.2, 0.25) is 5.95 Å². The maximum Gasteiger partial charge on any atom is 0.222 e. The van der Waals surface area contributed by atoms with E-state index in [1.807, 2.05) is 0 Å². The van der Waals surface area contributed by atoms with Crippen molar-refractivity contribution in [3.63, 3.8) is 0 Å². The van der Waals surface area contributed by atoms with Crippen molar-refractivity contribution in [2.75, 3.05) is 18.5 Å². The van der Waals surface area contributed by atoms with Crippen LogP contribution >= 0.6 is 15.9 Å². The fourth-order valence-corrected chi connectivity index (χ4v) is 2.45. The third-order valence-corrected chi connectivity index (χ3v) is 3.60. The molecule has 5 heteroatoms. The molecule has 2 atom stereocenters. The van der Waals surface area contributed by atoms with Crippen LogP contribution in [0, 0.1) is 11.8 Å². The molecular formula is C11H16BrN3O. The smallest absolute Gasteiger partial charge is 0.222 e. The maximum absolute atomic E-state index is 9.20. The predicted molar refractivity (Wildman–Crippen MR) is 66.1 cm³/mol. The quantitative estimate of drug-likeness (QED) is 0.889. The fourth-order valence-electron chi connectivity index (χ4n) is 2.25. The topological polar surface area (TPSA) is 58.0 Å². The highest BCUT2D eigenvalue weighted by atomic mass is 79.9. The molecule has 1 fully saturated rings. The second-order valence-corrected chi connectivity index (χ2v) is 5.16. The summed E-state index contributed by atoms with van der Waals surface area (Å²) in [6.45, 7) is 1.15. The van der Waals surface area contributed by atoms with Crippen LogP contribution in [-0.4, -0.2) is 28.2 Å². The molecule has 1 aliphatic rings. The van der Waals surface area contributed by atoms with Crippen LogP contribution in [0.1, 0.15) is 19.3 Å². The molecule has 2 rings (SSSR count). The number of aliphatic hydroxyl groups is 1. The molecule has 0 amide bonds. The Kier molecular flexibility index (Phi) is 4.12. The van der Waals surface area contributed by atoms with Gasteiger partial charge in [0.05, 0.1) is 4.47 Å². The van der Waals surface area contributed by atoms with Crippen LogP contribution in [0.5, 0.6) is 0 Å². The lowest BCUT2D eigenvalue weighted by Gasteiger charge is -2.17. The molecule has 2 unspecified atom stereocenters. The minimum Gasteiger partial charge on any atom is -0.396 e. The van der Waals surface area contributed by atoms with Gasteiger partial charge in [0.15, 0.2) is 0 Å². The van der Waals surface area contributed by atoms with Crippen LogP contribution in [0.3, 0.4) is 0 Å². The van der Waals surface area contributed by atoms with Crippen LogP contribution in [0.4, 0.5) is 5.95 Å². The van der Waals surface area contributed by atoms with Gasteiger partial charge < -0.3 is 10.4 Å². The first-order valence-electron chi connectivity index (χ1n) is 5.62. The lowest BCUT2D eigenvalue weighted by molar-refractivity contribution is 0.199. The number of aromatic nitrogens is 2. The summed E-state index contributed by atoms with van der Waals surface area (Å²) in [5, 5.41) is 12.4. The van der Waals surface area contributed by atoms with E-state index in [2.05, 4.69) is 31.2 Å². The Balaban J connectivity index is 1.85. The standard InChI is InChI=1S/C11H16BrN3O/c12-10-5-14-11(15-6-10)13-4-8-2-1-3-9(8)7-16/h5-6,8-9,16H,1-4,7H2,(H,13,14,15). The van der Waals surface area contributed by atoms with Gasteiger partial charge in [-0.15, -0.1) is 0 Å². The normalized spacial score (nSPS) is 24.6. The number of halogens is 1. The zero-order valence-corrected chi connectivity index (χ0v) is 10.7. The van der Waals surface area contributed by atoms with Gasteiger partial charge in [0.25, 0.3) is 0 Å². The first-order valence-corrected chi connectivity index (χ1v) is 6.41. The van der Waals surface area contributed by atoms with Crippen molar-refractivity contribution >= 4 is 21.9 Å². The van der Waals surface area contributed by atoms with E-state index in [1.165, 1.54) is 12.8 Å². The molecule has 1 aromatic heterocycles. The molecule has 88 valence electrons. The van der Waals surface area contributed by atoms with Crippen LogP contribution in [0.15, 0.2) is 16.9 Å². The van der Waals surface area contributed by atoms with Gasteiger partial charge in [-0.25, -0.2) is 9.97 Å². The van der Waals surface area contributed by atoms with Crippen molar-refractivity contribution in [1.29, 1.82) is 0 Å². The van der Waals surface area contributed by atoms with Gasteiger partial charge in [-0.3, -0.25) is 0 Å². The summed E-state index contributed by atoms with van der Waals surface area (Å²) in [6.07, 6.45) is 7.01. The minimum atomic E-state index is 0.299. The van der Waals surface area contributed by atoms with Crippen molar-refractivity contribution < 1.29 is 5.11 Å². The summed E-state index contributed by atoms with van der Waals surface area (Å²) in [5.74, 6) is 1.66. The van der Waals surface area contributed by atoms with Crippen molar-refractivity contribution in [2.45, 2.75) is 19.3 Å². The molecule has 4 nitrogen and oxygen atoms in total. The molecule has 1 aromatic rings. The summed E-state index contributed by atoms with van der Waals surface area (Å²) in [7, 11) is 0. The van der Waals surface area contributed by atoms with Crippen LogP contribution in [-0.2, 0) is 0 Å². The summed E-state index contributed by atoms with van der Waals surface area (Å²) >= 11 is 3.30. The fraction of sp³-hybridized carbons (Fsp3) is 0.636. The molecule has 0 spiro atoms.